The normalized spacial score (nSPS) is 12.6. The molecule has 0 amide bonds. The van der Waals surface area contributed by atoms with E-state index in [9.17, 15) is 9.36 Å². The Hall–Kier alpha value is -1.33. The number of carbonyl (C=O) groups is 1. The summed E-state index contributed by atoms with van der Waals surface area (Å²) in [4.78, 5) is 11.7. The summed E-state index contributed by atoms with van der Waals surface area (Å²) < 4.78 is 31.0. The standard InChI is InChI=1S/C12H14ClO6P/c1-9(20(15,16-2)17-3)18-12(14)11(13)19-10-7-5-4-6-8-10/h4-8,11H,1H2,2-3H3. The summed E-state index contributed by atoms with van der Waals surface area (Å²) in [5.74, 6) is -0.591. The molecular weight excluding hydrogens is 307 g/mol. The molecule has 110 valence electrons. The smallest absolute Gasteiger partial charge is 0.395 e. The molecule has 0 saturated carbocycles. The Labute approximate surface area is 121 Å². The molecule has 1 rings (SSSR count). The lowest BCUT2D eigenvalue weighted by Crippen LogP contribution is -2.23. The van der Waals surface area contributed by atoms with Crippen LogP contribution in [0.25, 0.3) is 0 Å². The lowest BCUT2D eigenvalue weighted by atomic mass is 10.3. The summed E-state index contributed by atoms with van der Waals surface area (Å²) in [6, 6.07) is 8.45. The average Bonchev–Trinajstić information content (AvgIpc) is 2.47. The zero-order valence-corrected chi connectivity index (χ0v) is 12.6. The Morgan fingerprint density at radius 2 is 1.80 bits per heavy atom. The van der Waals surface area contributed by atoms with Crippen LogP contribution in [0.15, 0.2) is 42.4 Å². The summed E-state index contributed by atoms with van der Waals surface area (Å²) in [7, 11) is -1.42. The number of para-hydroxylation sites is 1. The molecule has 0 aliphatic heterocycles. The van der Waals surface area contributed by atoms with E-state index in [1.54, 1.807) is 30.3 Å². The highest BCUT2D eigenvalue weighted by Crippen LogP contribution is 2.54. The van der Waals surface area contributed by atoms with Crippen molar-refractivity contribution >= 4 is 25.2 Å². The van der Waals surface area contributed by atoms with Crippen LogP contribution in [0.3, 0.4) is 0 Å². The Morgan fingerprint density at radius 1 is 1.25 bits per heavy atom. The number of hydrogen-bond donors (Lipinski definition) is 0. The van der Waals surface area contributed by atoms with Gasteiger partial charge in [0, 0.05) is 14.2 Å². The van der Waals surface area contributed by atoms with E-state index in [1.807, 2.05) is 0 Å². The molecule has 0 fully saturated rings. The van der Waals surface area contributed by atoms with Crippen molar-refractivity contribution in [2.24, 2.45) is 0 Å². The Bertz CT molecular complexity index is 510. The topological polar surface area (TPSA) is 71.1 Å². The molecule has 20 heavy (non-hydrogen) atoms. The van der Waals surface area contributed by atoms with Crippen molar-refractivity contribution in [1.82, 2.24) is 0 Å². The first-order chi connectivity index (χ1) is 9.42. The van der Waals surface area contributed by atoms with Crippen LogP contribution in [-0.4, -0.2) is 25.8 Å². The predicted octanol–water partition coefficient (Wildman–Crippen LogP) is 3.13. The SMILES string of the molecule is C=C(OC(=O)C(Cl)Oc1ccccc1)P(=O)(OC)OC. The fraction of sp³-hybridized carbons (Fsp3) is 0.250. The second-order valence-corrected chi connectivity index (χ2v) is 6.04. The molecule has 0 aliphatic rings. The van der Waals surface area contributed by atoms with Gasteiger partial charge in [-0.2, -0.15) is 0 Å². The van der Waals surface area contributed by atoms with Crippen LogP contribution in [0.5, 0.6) is 5.75 Å². The van der Waals surface area contributed by atoms with Crippen molar-refractivity contribution in [1.29, 1.82) is 0 Å². The van der Waals surface area contributed by atoms with Gasteiger partial charge in [-0.1, -0.05) is 29.8 Å². The maximum atomic E-state index is 11.9. The van der Waals surface area contributed by atoms with Crippen molar-refractivity contribution in [2.75, 3.05) is 14.2 Å². The molecule has 1 aromatic carbocycles. The fourth-order valence-electron chi connectivity index (χ4n) is 1.16. The van der Waals surface area contributed by atoms with Crippen LogP contribution in [0, 0.1) is 0 Å². The molecule has 0 heterocycles. The van der Waals surface area contributed by atoms with Gasteiger partial charge in [-0.25, -0.2) is 4.79 Å². The summed E-state index contributed by atoms with van der Waals surface area (Å²) in [6.07, 6.45) is 0. The summed E-state index contributed by atoms with van der Waals surface area (Å²) >= 11 is 5.74. The van der Waals surface area contributed by atoms with Gasteiger partial charge in [0.25, 0.3) is 5.56 Å². The quantitative estimate of drug-likeness (QED) is 0.333. The van der Waals surface area contributed by atoms with E-state index >= 15 is 0 Å². The molecule has 1 unspecified atom stereocenters. The minimum Gasteiger partial charge on any atom is -0.463 e. The minimum absolute atomic E-state index is 0.386. The lowest BCUT2D eigenvalue weighted by Gasteiger charge is -2.17. The summed E-state index contributed by atoms with van der Waals surface area (Å²) in [6.45, 7) is 3.33. The van der Waals surface area contributed by atoms with E-state index in [1.165, 1.54) is 0 Å². The van der Waals surface area contributed by atoms with E-state index in [4.69, 9.17) is 21.1 Å². The molecule has 8 heteroatoms. The van der Waals surface area contributed by atoms with Crippen LogP contribution in [0.1, 0.15) is 0 Å². The number of halogens is 1. The summed E-state index contributed by atoms with van der Waals surface area (Å²) in [5.41, 5.74) is -1.88. The van der Waals surface area contributed by atoms with Crippen LogP contribution in [0.2, 0.25) is 0 Å². The number of ether oxygens (including phenoxy) is 2. The van der Waals surface area contributed by atoms with Crippen LogP contribution >= 0.6 is 19.2 Å². The number of esters is 1. The zero-order valence-electron chi connectivity index (χ0n) is 10.9. The van der Waals surface area contributed by atoms with Gasteiger partial charge < -0.3 is 18.5 Å². The molecule has 0 aromatic heterocycles. The van der Waals surface area contributed by atoms with Gasteiger partial charge in [0.2, 0.25) is 5.50 Å². The first-order valence-corrected chi connectivity index (χ1v) is 7.39. The van der Waals surface area contributed by atoms with Gasteiger partial charge in [-0.3, -0.25) is 4.57 Å². The van der Waals surface area contributed by atoms with Crippen LogP contribution < -0.4 is 4.74 Å². The van der Waals surface area contributed by atoms with Gasteiger partial charge in [0.1, 0.15) is 5.75 Å². The van der Waals surface area contributed by atoms with Crippen molar-refractivity contribution in [2.45, 2.75) is 5.56 Å². The molecule has 0 N–H and O–H groups in total. The van der Waals surface area contributed by atoms with E-state index in [-0.39, 0.29) is 0 Å². The maximum absolute atomic E-state index is 11.9. The van der Waals surface area contributed by atoms with Crippen LogP contribution in [0.4, 0.5) is 0 Å². The van der Waals surface area contributed by atoms with E-state index in [0.717, 1.165) is 14.2 Å². The molecule has 0 bridgehead atoms. The molecular formula is C12H14ClO6P. The van der Waals surface area contributed by atoms with Gasteiger partial charge in [0.15, 0.2) is 0 Å². The Kier molecular flexibility index (Phi) is 6.23. The van der Waals surface area contributed by atoms with Gasteiger partial charge in [0.05, 0.1) is 0 Å². The number of carbonyl (C=O) groups excluding carboxylic acids is 1. The minimum atomic E-state index is -3.70. The van der Waals surface area contributed by atoms with E-state index in [0.29, 0.717) is 5.75 Å². The third-order valence-corrected chi connectivity index (χ3v) is 4.10. The van der Waals surface area contributed by atoms with Gasteiger partial charge in [-0.15, -0.1) is 0 Å². The first kappa shape index (κ1) is 16.7. The monoisotopic (exact) mass is 320 g/mol. The Balaban J connectivity index is 2.63. The van der Waals surface area contributed by atoms with Crippen molar-refractivity contribution in [3.8, 4) is 5.75 Å². The highest BCUT2D eigenvalue weighted by Gasteiger charge is 2.32. The first-order valence-electron chi connectivity index (χ1n) is 5.41. The number of alkyl halides is 1. The van der Waals surface area contributed by atoms with Crippen molar-refractivity contribution < 1.29 is 27.9 Å². The van der Waals surface area contributed by atoms with Gasteiger partial charge >= 0.3 is 13.6 Å². The number of benzene rings is 1. The van der Waals surface area contributed by atoms with Crippen LogP contribution in [-0.2, 0) is 23.1 Å². The third kappa shape index (κ3) is 4.35. The average molecular weight is 321 g/mol. The lowest BCUT2D eigenvalue weighted by molar-refractivity contribution is -0.143. The molecule has 1 atom stereocenters. The number of hydrogen-bond acceptors (Lipinski definition) is 6. The largest absolute Gasteiger partial charge is 0.463 e. The predicted molar refractivity (Wildman–Crippen MR) is 73.6 cm³/mol. The zero-order chi connectivity index (χ0) is 15.2. The second-order valence-electron chi connectivity index (χ2n) is 3.42. The highest BCUT2D eigenvalue weighted by molar-refractivity contribution is 7.58. The maximum Gasteiger partial charge on any atom is 0.395 e. The highest BCUT2D eigenvalue weighted by atomic mass is 35.5. The molecule has 0 saturated heterocycles. The fourth-order valence-corrected chi connectivity index (χ4v) is 2.07. The summed E-state index contributed by atoms with van der Waals surface area (Å²) in [5, 5.41) is 0. The molecule has 0 radical (unpaired) electrons. The van der Waals surface area contributed by atoms with E-state index < -0.39 is 24.6 Å². The molecule has 1 aromatic rings. The Morgan fingerprint density at radius 3 is 2.30 bits per heavy atom. The molecule has 0 spiro atoms. The van der Waals surface area contributed by atoms with Gasteiger partial charge in [-0.05, 0) is 18.7 Å². The second kappa shape index (κ2) is 7.45. The third-order valence-electron chi connectivity index (χ3n) is 2.17. The van der Waals surface area contributed by atoms with Crippen molar-refractivity contribution in [3.63, 3.8) is 0 Å². The van der Waals surface area contributed by atoms with Crippen molar-refractivity contribution in [3.05, 3.63) is 42.4 Å². The molecule has 0 aliphatic carbocycles. The number of rotatable bonds is 7. The van der Waals surface area contributed by atoms with E-state index in [2.05, 4.69) is 15.6 Å². The molecule has 6 nitrogen and oxygen atoms in total.